The number of hydrogen-bond acceptors (Lipinski definition) is 1. The third-order valence-electron chi connectivity index (χ3n) is 12.2. The predicted molar refractivity (Wildman–Crippen MR) is 241 cm³/mol. The van der Waals surface area contributed by atoms with Crippen molar-refractivity contribution in [2.45, 2.75) is 19.3 Å². The van der Waals surface area contributed by atoms with Crippen LogP contribution in [-0.2, 0) is 5.41 Å². The van der Waals surface area contributed by atoms with Gasteiger partial charge in [-0.05, 0) is 111 Å². The number of hydrogen-bond donors (Lipinski definition) is 0. The zero-order chi connectivity index (χ0) is 38.1. The van der Waals surface area contributed by atoms with Gasteiger partial charge in [-0.15, -0.1) is 0 Å². The molecule has 0 saturated carbocycles. The summed E-state index contributed by atoms with van der Waals surface area (Å²) in [4.78, 5) is 2.40. The number of para-hydroxylation sites is 2. The number of rotatable bonds is 6. The zero-order valence-electron chi connectivity index (χ0n) is 32.0. The van der Waals surface area contributed by atoms with Gasteiger partial charge in [0.05, 0.1) is 11.0 Å². The number of nitrogens with zero attached hydrogens (tertiary/aromatic N) is 2. The molecule has 10 aromatic rings. The first kappa shape index (κ1) is 33.2. The Kier molecular flexibility index (Phi) is 7.55. The average Bonchev–Trinajstić information content (AvgIpc) is 3.74. The summed E-state index contributed by atoms with van der Waals surface area (Å²) in [6.07, 6.45) is 0. The molecule has 2 heteroatoms. The van der Waals surface area contributed by atoms with E-state index in [0.717, 1.165) is 22.7 Å². The Bertz CT molecular complexity index is 3120. The van der Waals surface area contributed by atoms with Crippen molar-refractivity contribution in [1.29, 1.82) is 0 Å². The largest absolute Gasteiger partial charge is 0.310 e. The van der Waals surface area contributed by atoms with Crippen LogP contribution in [-0.4, -0.2) is 4.57 Å². The molecule has 0 aliphatic heterocycles. The van der Waals surface area contributed by atoms with Gasteiger partial charge in [0.15, 0.2) is 0 Å². The Hall–Kier alpha value is -7.16. The summed E-state index contributed by atoms with van der Waals surface area (Å²) in [6.45, 7) is 4.71. The molecular formula is C55H40N2. The second-order valence-corrected chi connectivity index (χ2v) is 15.7. The van der Waals surface area contributed by atoms with E-state index in [1.807, 2.05) is 0 Å². The molecule has 0 fully saturated rings. The van der Waals surface area contributed by atoms with E-state index in [0.29, 0.717) is 0 Å². The molecule has 0 bridgehead atoms. The average molecular weight is 729 g/mol. The second kappa shape index (κ2) is 13.0. The van der Waals surface area contributed by atoms with Crippen molar-refractivity contribution < 1.29 is 0 Å². The molecule has 0 saturated heterocycles. The Balaban J connectivity index is 1.14. The summed E-state index contributed by atoms with van der Waals surface area (Å²) < 4.78 is 2.47. The third kappa shape index (κ3) is 5.18. The maximum absolute atomic E-state index is 2.47. The van der Waals surface area contributed by atoms with E-state index in [9.17, 15) is 0 Å². The minimum absolute atomic E-state index is 0.0901. The van der Waals surface area contributed by atoms with Gasteiger partial charge in [-0.1, -0.05) is 159 Å². The molecule has 0 N–H and O–H groups in total. The molecular weight excluding hydrogens is 689 g/mol. The highest BCUT2D eigenvalue weighted by molar-refractivity contribution is 6.27. The summed E-state index contributed by atoms with van der Waals surface area (Å²) >= 11 is 0. The summed E-state index contributed by atoms with van der Waals surface area (Å²) in [5.74, 6) is 0. The van der Waals surface area contributed by atoms with E-state index >= 15 is 0 Å². The molecule has 9 aromatic carbocycles. The minimum Gasteiger partial charge on any atom is -0.310 e. The van der Waals surface area contributed by atoms with Gasteiger partial charge < -0.3 is 9.47 Å². The van der Waals surface area contributed by atoms with Gasteiger partial charge in [0.2, 0.25) is 0 Å². The smallest absolute Gasteiger partial charge is 0.0625 e. The van der Waals surface area contributed by atoms with Crippen LogP contribution in [0.1, 0.15) is 25.0 Å². The Morgan fingerprint density at radius 1 is 0.404 bits per heavy atom. The van der Waals surface area contributed by atoms with E-state index in [4.69, 9.17) is 0 Å². The third-order valence-corrected chi connectivity index (χ3v) is 12.2. The summed E-state index contributed by atoms with van der Waals surface area (Å²) in [7, 11) is 0. The predicted octanol–water partition coefficient (Wildman–Crippen LogP) is 15.0. The van der Waals surface area contributed by atoms with Gasteiger partial charge >= 0.3 is 0 Å². The first-order chi connectivity index (χ1) is 28.1. The Morgan fingerprint density at radius 3 is 1.79 bits per heavy atom. The molecule has 0 amide bonds. The standard InChI is InChI=1S/C55H40N2/c1-55(2)49-27-15-14-25-46(49)47-34-33-43(36-50(47)55)56(40-20-8-4-9-21-40)42-31-29-38(30-32-42)48-35-39-19-12-13-24-45(39)54-53(48)52-44(37-17-6-3-7-18-37)26-16-28-51(52)57(54)41-22-10-5-11-23-41/h3-36H,1-2H3. The molecule has 1 heterocycles. The van der Waals surface area contributed by atoms with E-state index in [1.165, 1.54) is 77.1 Å². The van der Waals surface area contributed by atoms with Gasteiger partial charge in [-0.3, -0.25) is 0 Å². The first-order valence-corrected chi connectivity index (χ1v) is 19.9. The van der Waals surface area contributed by atoms with Crippen molar-refractivity contribution >= 4 is 49.6 Å². The van der Waals surface area contributed by atoms with E-state index < -0.39 is 0 Å². The van der Waals surface area contributed by atoms with E-state index in [1.54, 1.807) is 0 Å². The summed E-state index contributed by atoms with van der Waals surface area (Å²) in [5, 5.41) is 4.99. The summed E-state index contributed by atoms with van der Waals surface area (Å²) in [5.41, 5.74) is 17.2. The molecule has 1 aliphatic rings. The van der Waals surface area contributed by atoms with E-state index in [-0.39, 0.29) is 5.41 Å². The lowest BCUT2D eigenvalue weighted by molar-refractivity contribution is 0.660. The zero-order valence-corrected chi connectivity index (χ0v) is 32.0. The lowest BCUT2D eigenvalue weighted by Crippen LogP contribution is -2.16. The van der Waals surface area contributed by atoms with Crippen molar-refractivity contribution in [3.05, 3.63) is 217 Å². The van der Waals surface area contributed by atoms with E-state index in [2.05, 4.69) is 230 Å². The highest BCUT2D eigenvalue weighted by Gasteiger charge is 2.35. The van der Waals surface area contributed by atoms with Gasteiger partial charge in [0.25, 0.3) is 0 Å². The fourth-order valence-corrected chi connectivity index (χ4v) is 9.50. The van der Waals surface area contributed by atoms with Crippen LogP contribution in [0.25, 0.3) is 71.6 Å². The fraction of sp³-hybridized carbons (Fsp3) is 0.0545. The first-order valence-electron chi connectivity index (χ1n) is 19.9. The van der Waals surface area contributed by atoms with Crippen LogP contribution in [0.3, 0.4) is 0 Å². The number of aromatic nitrogens is 1. The molecule has 0 atom stereocenters. The van der Waals surface area contributed by atoms with Gasteiger partial charge in [0.1, 0.15) is 0 Å². The number of anilines is 3. The number of fused-ring (bicyclic) bond motifs is 8. The maximum Gasteiger partial charge on any atom is 0.0625 e. The number of benzene rings is 9. The molecule has 1 aliphatic carbocycles. The molecule has 57 heavy (non-hydrogen) atoms. The van der Waals surface area contributed by atoms with Crippen LogP contribution in [0.4, 0.5) is 17.1 Å². The van der Waals surface area contributed by atoms with Crippen LogP contribution in [0, 0.1) is 0 Å². The fourth-order valence-electron chi connectivity index (χ4n) is 9.50. The molecule has 0 spiro atoms. The lowest BCUT2D eigenvalue weighted by atomic mass is 9.82. The Morgan fingerprint density at radius 2 is 1.00 bits per heavy atom. The molecule has 270 valence electrons. The topological polar surface area (TPSA) is 8.17 Å². The van der Waals surface area contributed by atoms with Gasteiger partial charge in [-0.25, -0.2) is 0 Å². The molecule has 0 unspecified atom stereocenters. The molecule has 2 nitrogen and oxygen atoms in total. The van der Waals surface area contributed by atoms with Crippen LogP contribution < -0.4 is 4.90 Å². The minimum atomic E-state index is -0.0901. The van der Waals surface area contributed by atoms with Gasteiger partial charge in [0, 0.05) is 44.3 Å². The maximum atomic E-state index is 2.47. The second-order valence-electron chi connectivity index (χ2n) is 15.7. The monoisotopic (exact) mass is 728 g/mol. The van der Waals surface area contributed by atoms with Crippen molar-refractivity contribution in [3.8, 4) is 39.1 Å². The lowest BCUT2D eigenvalue weighted by Gasteiger charge is -2.28. The van der Waals surface area contributed by atoms with Crippen molar-refractivity contribution in [2.24, 2.45) is 0 Å². The quantitative estimate of drug-likeness (QED) is 0.165. The molecule has 0 radical (unpaired) electrons. The van der Waals surface area contributed by atoms with Crippen molar-refractivity contribution in [1.82, 2.24) is 4.57 Å². The van der Waals surface area contributed by atoms with Crippen LogP contribution >= 0.6 is 0 Å². The molecule has 1 aromatic heterocycles. The summed E-state index contributed by atoms with van der Waals surface area (Å²) in [6, 6.07) is 75.5. The van der Waals surface area contributed by atoms with Gasteiger partial charge in [-0.2, -0.15) is 0 Å². The van der Waals surface area contributed by atoms with Crippen LogP contribution in [0.2, 0.25) is 0 Å². The van der Waals surface area contributed by atoms with Crippen LogP contribution in [0.5, 0.6) is 0 Å². The SMILES string of the molecule is CC1(C)c2ccccc2-c2ccc(N(c3ccccc3)c3ccc(-c4cc5ccccc5c5c4c4c(-c6ccccc6)cccc4n5-c4ccccc4)cc3)cc21. The highest BCUT2D eigenvalue weighted by Crippen LogP contribution is 2.51. The van der Waals surface area contributed by atoms with Crippen LogP contribution in [0.15, 0.2) is 206 Å². The Labute approximate surface area is 333 Å². The van der Waals surface area contributed by atoms with Crippen molar-refractivity contribution in [3.63, 3.8) is 0 Å². The van der Waals surface area contributed by atoms with Crippen molar-refractivity contribution in [2.75, 3.05) is 4.90 Å². The normalized spacial score (nSPS) is 12.9. The molecule has 11 rings (SSSR count). The highest BCUT2D eigenvalue weighted by atomic mass is 15.1.